The molecule has 0 heterocycles. The van der Waals surface area contributed by atoms with Gasteiger partial charge in [-0.1, -0.05) is 85.0 Å². The van der Waals surface area contributed by atoms with Crippen LogP contribution in [0.5, 0.6) is 0 Å². The van der Waals surface area contributed by atoms with Crippen LogP contribution in [0.4, 0.5) is 0 Å². The Balaban J connectivity index is 3.83. The third-order valence-electron chi connectivity index (χ3n) is 4.14. The van der Waals surface area contributed by atoms with E-state index >= 15 is 0 Å². The van der Waals surface area contributed by atoms with Gasteiger partial charge in [0.05, 0.1) is 12.5 Å². The van der Waals surface area contributed by atoms with Gasteiger partial charge in [0.1, 0.15) is 0 Å². The molecule has 0 fully saturated rings. The standard InChI is InChI=1S/C19H38O2/c1-4-7-10-12-14-17-21-19(20)18(15-9-6-3)16-13-11-8-5-2/h18H,4-17H2,1-3H3. The normalized spacial score (nSPS) is 12.3. The fourth-order valence-electron chi connectivity index (χ4n) is 2.64. The van der Waals surface area contributed by atoms with E-state index < -0.39 is 0 Å². The van der Waals surface area contributed by atoms with Crippen molar-refractivity contribution < 1.29 is 9.53 Å². The summed E-state index contributed by atoms with van der Waals surface area (Å²) in [6.07, 6.45) is 15.3. The summed E-state index contributed by atoms with van der Waals surface area (Å²) in [7, 11) is 0. The molecule has 0 spiro atoms. The van der Waals surface area contributed by atoms with Crippen molar-refractivity contribution in [1.29, 1.82) is 0 Å². The largest absolute Gasteiger partial charge is 0.465 e. The Bertz CT molecular complexity index is 226. The smallest absolute Gasteiger partial charge is 0.308 e. The zero-order valence-corrected chi connectivity index (χ0v) is 14.8. The number of hydrogen-bond acceptors (Lipinski definition) is 2. The molecule has 2 heteroatoms. The average Bonchev–Trinajstić information content (AvgIpc) is 2.49. The minimum atomic E-state index is 0.0652. The van der Waals surface area contributed by atoms with Crippen LogP contribution in [-0.4, -0.2) is 12.6 Å². The highest BCUT2D eigenvalue weighted by Gasteiger charge is 2.18. The molecule has 0 aliphatic carbocycles. The van der Waals surface area contributed by atoms with E-state index in [1.54, 1.807) is 0 Å². The van der Waals surface area contributed by atoms with E-state index in [1.807, 2.05) is 0 Å². The highest BCUT2D eigenvalue weighted by atomic mass is 16.5. The maximum atomic E-state index is 12.2. The zero-order chi connectivity index (χ0) is 15.8. The number of carbonyl (C=O) groups is 1. The molecule has 0 bridgehead atoms. The molecule has 0 aliphatic rings. The molecule has 0 aromatic rings. The van der Waals surface area contributed by atoms with E-state index in [-0.39, 0.29) is 11.9 Å². The number of unbranched alkanes of at least 4 members (excludes halogenated alkanes) is 8. The Hall–Kier alpha value is -0.530. The van der Waals surface area contributed by atoms with Crippen molar-refractivity contribution in [3.63, 3.8) is 0 Å². The topological polar surface area (TPSA) is 26.3 Å². The summed E-state index contributed by atoms with van der Waals surface area (Å²) in [6, 6.07) is 0. The van der Waals surface area contributed by atoms with Crippen molar-refractivity contribution in [1.82, 2.24) is 0 Å². The van der Waals surface area contributed by atoms with Gasteiger partial charge in [-0.05, 0) is 19.3 Å². The van der Waals surface area contributed by atoms with Crippen molar-refractivity contribution in [2.45, 2.75) is 104 Å². The molecule has 2 nitrogen and oxygen atoms in total. The summed E-state index contributed by atoms with van der Waals surface area (Å²) in [4.78, 5) is 12.2. The van der Waals surface area contributed by atoms with Crippen molar-refractivity contribution in [2.24, 2.45) is 5.92 Å². The van der Waals surface area contributed by atoms with Crippen LogP contribution in [0, 0.1) is 5.92 Å². The minimum Gasteiger partial charge on any atom is -0.465 e. The summed E-state index contributed by atoms with van der Waals surface area (Å²) >= 11 is 0. The maximum absolute atomic E-state index is 12.2. The SMILES string of the molecule is CCCCCCCOC(=O)C(CCCC)CCCCCC. The van der Waals surface area contributed by atoms with E-state index in [1.165, 1.54) is 51.4 Å². The minimum absolute atomic E-state index is 0.0652. The third-order valence-corrected chi connectivity index (χ3v) is 4.14. The van der Waals surface area contributed by atoms with Gasteiger partial charge in [0.25, 0.3) is 0 Å². The highest BCUT2D eigenvalue weighted by molar-refractivity contribution is 5.72. The zero-order valence-electron chi connectivity index (χ0n) is 14.8. The summed E-state index contributed by atoms with van der Waals surface area (Å²) < 4.78 is 5.50. The molecule has 1 unspecified atom stereocenters. The lowest BCUT2D eigenvalue weighted by Crippen LogP contribution is -2.18. The Morgan fingerprint density at radius 1 is 0.714 bits per heavy atom. The first-order valence-corrected chi connectivity index (χ1v) is 9.42. The Labute approximate surface area is 133 Å². The molecule has 21 heavy (non-hydrogen) atoms. The molecule has 0 aromatic carbocycles. The lowest BCUT2D eigenvalue weighted by Gasteiger charge is -2.15. The average molecular weight is 299 g/mol. The summed E-state index contributed by atoms with van der Waals surface area (Å²) in [5.74, 6) is 0.216. The van der Waals surface area contributed by atoms with Crippen LogP contribution >= 0.6 is 0 Å². The number of esters is 1. The van der Waals surface area contributed by atoms with Crippen LogP contribution in [0.25, 0.3) is 0 Å². The van der Waals surface area contributed by atoms with Gasteiger partial charge in [-0.15, -0.1) is 0 Å². The van der Waals surface area contributed by atoms with Gasteiger partial charge < -0.3 is 4.74 Å². The fraction of sp³-hybridized carbons (Fsp3) is 0.947. The number of carbonyl (C=O) groups excluding carboxylic acids is 1. The van der Waals surface area contributed by atoms with Gasteiger partial charge in [0.2, 0.25) is 0 Å². The van der Waals surface area contributed by atoms with Crippen LogP contribution in [-0.2, 0) is 9.53 Å². The van der Waals surface area contributed by atoms with Crippen LogP contribution in [0.15, 0.2) is 0 Å². The van der Waals surface area contributed by atoms with Crippen LogP contribution in [0.3, 0.4) is 0 Å². The second kappa shape index (κ2) is 15.9. The van der Waals surface area contributed by atoms with Gasteiger partial charge >= 0.3 is 5.97 Å². The van der Waals surface area contributed by atoms with E-state index in [0.717, 1.165) is 32.1 Å². The Kier molecular flexibility index (Phi) is 15.5. The molecule has 0 radical (unpaired) electrons. The maximum Gasteiger partial charge on any atom is 0.308 e. The van der Waals surface area contributed by atoms with Gasteiger partial charge in [-0.2, -0.15) is 0 Å². The number of hydrogen-bond donors (Lipinski definition) is 0. The van der Waals surface area contributed by atoms with E-state index in [2.05, 4.69) is 20.8 Å². The number of ether oxygens (including phenoxy) is 1. The molecule has 1 atom stereocenters. The quantitative estimate of drug-likeness (QED) is 0.263. The molecule has 0 saturated carbocycles. The van der Waals surface area contributed by atoms with Crippen LogP contribution < -0.4 is 0 Å². The first-order valence-electron chi connectivity index (χ1n) is 9.42. The first kappa shape index (κ1) is 20.5. The lowest BCUT2D eigenvalue weighted by atomic mass is 9.95. The molecule has 0 aliphatic heterocycles. The van der Waals surface area contributed by atoms with Gasteiger partial charge in [0, 0.05) is 0 Å². The van der Waals surface area contributed by atoms with Crippen molar-refractivity contribution in [2.75, 3.05) is 6.61 Å². The lowest BCUT2D eigenvalue weighted by molar-refractivity contribution is -0.149. The van der Waals surface area contributed by atoms with E-state index in [4.69, 9.17) is 4.74 Å². The monoisotopic (exact) mass is 298 g/mol. The van der Waals surface area contributed by atoms with Gasteiger partial charge in [-0.3, -0.25) is 4.79 Å². The predicted molar refractivity (Wildman–Crippen MR) is 91.5 cm³/mol. The summed E-state index contributed by atoms with van der Waals surface area (Å²) in [5, 5.41) is 0. The molecule has 0 saturated heterocycles. The van der Waals surface area contributed by atoms with Gasteiger partial charge in [0.15, 0.2) is 0 Å². The molecule has 0 aromatic heterocycles. The molecule has 0 amide bonds. The summed E-state index contributed by atoms with van der Waals surface area (Å²) in [5.41, 5.74) is 0. The summed E-state index contributed by atoms with van der Waals surface area (Å²) in [6.45, 7) is 7.26. The van der Waals surface area contributed by atoms with Crippen LogP contribution in [0.2, 0.25) is 0 Å². The predicted octanol–water partition coefficient (Wildman–Crippen LogP) is 6.28. The van der Waals surface area contributed by atoms with Crippen molar-refractivity contribution >= 4 is 5.97 Å². The second-order valence-electron chi connectivity index (χ2n) is 6.27. The molecular weight excluding hydrogens is 260 g/mol. The van der Waals surface area contributed by atoms with E-state index in [0.29, 0.717) is 6.61 Å². The molecule has 126 valence electrons. The Morgan fingerprint density at radius 3 is 1.86 bits per heavy atom. The molecular formula is C19H38O2. The first-order chi connectivity index (χ1) is 10.3. The third kappa shape index (κ3) is 12.9. The molecule has 0 N–H and O–H groups in total. The number of rotatable bonds is 15. The van der Waals surface area contributed by atoms with Gasteiger partial charge in [-0.25, -0.2) is 0 Å². The van der Waals surface area contributed by atoms with Crippen molar-refractivity contribution in [3.8, 4) is 0 Å². The van der Waals surface area contributed by atoms with Crippen LogP contribution in [0.1, 0.15) is 104 Å². The molecule has 0 rings (SSSR count). The van der Waals surface area contributed by atoms with Crippen molar-refractivity contribution in [3.05, 3.63) is 0 Å². The highest BCUT2D eigenvalue weighted by Crippen LogP contribution is 2.19. The van der Waals surface area contributed by atoms with E-state index in [9.17, 15) is 4.79 Å². The second-order valence-corrected chi connectivity index (χ2v) is 6.27. The fourth-order valence-corrected chi connectivity index (χ4v) is 2.64. The Morgan fingerprint density at radius 2 is 1.24 bits per heavy atom.